The average molecular weight is 375 g/mol. The third-order valence-corrected chi connectivity index (χ3v) is 3.40. The van der Waals surface area contributed by atoms with Gasteiger partial charge >= 0.3 is 0 Å². The second-order valence-corrected chi connectivity index (χ2v) is 5.40. The van der Waals surface area contributed by atoms with Gasteiger partial charge in [-0.2, -0.15) is 0 Å². The molecule has 1 rings (SSSR count). The first-order valence-electron chi connectivity index (χ1n) is 6.59. The molecule has 1 aromatic rings. The Morgan fingerprint density at radius 1 is 1.43 bits per heavy atom. The van der Waals surface area contributed by atoms with Crippen LogP contribution in [0, 0.1) is 0 Å². The van der Waals surface area contributed by atoms with E-state index < -0.39 is 0 Å². The number of benzene rings is 1. The second kappa shape index (κ2) is 9.70. The molecule has 1 amide bonds. The fourth-order valence-corrected chi connectivity index (χ4v) is 2.24. The molecular weight excluding hydrogens is 356 g/mol. The Hall–Kier alpha value is -1.18. The van der Waals surface area contributed by atoms with Crippen molar-refractivity contribution < 1.29 is 14.3 Å². The van der Waals surface area contributed by atoms with Crippen LogP contribution in [0.5, 0.6) is 5.75 Å². The number of halogens is 1. The number of hydrogen-bond acceptors (Lipinski definition) is 4. The standard InChI is InChI=1S/C14H19BrN2O3S/c1-3-20-12-6-5-10(9-11(12)15)13(18)17-14(21)16-7-4-8-19-2/h5-6,9H,3-4,7-8H2,1-2H3,(H2,16,17,18,21). The van der Waals surface area contributed by atoms with E-state index in [9.17, 15) is 4.79 Å². The Balaban J connectivity index is 2.51. The quantitative estimate of drug-likeness (QED) is 0.567. The van der Waals surface area contributed by atoms with Crippen LogP contribution in [0.1, 0.15) is 23.7 Å². The minimum absolute atomic E-state index is 0.261. The lowest BCUT2D eigenvalue weighted by molar-refractivity contribution is 0.0976. The average Bonchev–Trinajstić information content (AvgIpc) is 2.46. The van der Waals surface area contributed by atoms with Gasteiger partial charge in [-0.25, -0.2) is 0 Å². The number of methoxy groups -OCH3 is 1. The summed E-state index contributed by atoms with van der Waals surface area (Å²) in [7, 11) is 1.64. The minimum Gasteiger partial charge on any atom is -0.493 e. The van der Waals surface area contributed by atoms with Gasteiger partial charge in [0.1, 0.15) is 5.75 Å². The Morgan fingerprint density at radius 2 is 2.19 bits per heavy atom. The van der Waals surface area contributed by atoms with Crippen molar-refractivity contribution >= 4 is 39.2 Å². The predicted octanol–water partition coefficient (Wildman–Crippen LogP) is 2.49. The third kappa shape index (κ3) is 6.41. The van der Waals surface area contributed by atoms with E-state index in [1.807, 2.05) is 6.92 Å². The van der Waals surface area contributed by atoms with Crippen molar-refractivity contribution in [3.63, 3.8) is 0 Å². The first-order valence-corrected chi connectivity index (χ1v) is 7.79. The fourth-order valence-electron chi connectivity index (χ4n) is 1.55. The highest BCUT2D eigenvalue weighted by Gasteiger charge is 2.10. The van der Waals surface area contributed by atoms with Crippen LogP contribution in [0.2, 0.25) is 0 Å². The third-order valence-electron chi connectivity index (χ3n) is 2.53. The molecule has 21 heavy (non-hydrogen) atoms. The van der Waals surface area contributed by atoms with Gasteiger partial charge in [0.25, 0.3) is 5.91 Å². The summed E-state index contributed by atoms with van der Waals surface area (Å²) in [5.41, 5.74) is 0.506. The summed E-state index contributed by atoms with van der Waals surface area (Å²) in [5, 5.41) is 5.88. The number of carbonyl (C=O) groups excluding carboxylic acids is 1. The largest absolute Gasteiger partial charge is 0.493 e. The summed E-state index contributed by atoms with van der Waals surface area (Å²) < 4.78 is 11.1. The molecule has 5 nitrogen and oxygen atoms in total. The van der Waals surface area contributed by atoms with Crippen molar-refractivity contribution in [2.45, 2.75) is 13.3 Å². The summed E-state index contributed by atoms with van der Waals surface area (Å²) >= 11 is 8.43. The molecule has 0 radical (unpaired) electrons. The van der Waals surface area contributed by atoms with Crippen LogP contribution in [0.4, 0.5) is 0 Å². The maximum Gasteiger partial charge on any atom is 0.257 e. The molecule has 0 atom stereocenters. The van der Waals surface area contributed by atoms with Gasteiger partial charge in [0.15, 0.2) is 5.11 Å². The van der Waals surface area contributed by atoms with Crippen LogP contribution in [0.15, 0.2) is 22.7 Å². The molecule has 0 aliphatic carbocycles. The molecule has 0 unspecified atom stereocenters. The molecule has 0 spiro atoms. The van der Waals surface area contributed by atoms with Crippen LogP contribution in [-0.2, 0) is 4.74 Å². The van der Waals surface area contributed by atoms with Crippen LogP contribution < -0.4 is 15.4 Å². The molecule has 0 saturated heterocycles. The van der Waals surface area contributed by atoms with E-state index in [0.717, 1.165) is 10.9 Å². The molecule has 0 heterocycles. The van der Waals surface area contributed by atoms with Gasteiger partial charge in [-0.1, -0.05) is 0 Å². The number of thiocarbonyl (C=S) groups is 1. The van der Waals surface area contributed by atoms with Gasteiger partial charge in [0, 0.05) is 25.8 Å². The maximum absolute atomic E-state index is 12.0. The first-order chi connectivity index (χ1) is 10.1. The second-order valence-electron chi connectivity index (χ2n) is 4.13. The number of hydrogen-bond donors (Lipinski definition) is 2. The van der Waals surface area contributed by atoms with Crippen molar-refractivity contribution in [1.82, 2.24) is 10.6 Å². The zero-order chi connectivity index (χ0) is 15.7. The van der Waals surface area contributed by atoms with Crippen molar-refractivity contribution in [1.29, 1.82) is 0 Å². The molecule has 0 aromatic heterocycles. The highest BCUT2D eigenvalue weighted by Crippen LogP contribution is 2.25. The Labute approximate surface area is 138 Å². The van der Waals surface area contributed by atoms with E-state index >= 15 is 0 Å². The Kier molecular flexibility index (Phi) is 8.26. The summed E-state index contributed by atoms with van der Waals surface area (Å²) in [6.45, 7) is 3.77. The van der Waals surface area contributed by atoms with Gasteiger partial charge < -0.3 is 14.8 Å². The lowest BCUT2D eigenvalue weighted by Gasteiger charge is -2.10. The van der Waals surface area contributed by atoms with Gasteiger partial charge in [0.05, 0.1) is 11.1 Å². The van der Waals surface area contributed by atoms with Crippen molar-refractivity contribution in [2.24, 2.45) is 0 Å². The van der Waals surface area contributed by atoms with E-state index in [0.29, 0.717) is 36.2 Å². The molecule has 0 bridgehead atoms. The van der Waals surface area contributed by atoms with E-state index in [4.69, 9.17) is 21.7 Å². The first kappa shape index (κ1) is 17.9. The molecule has 0 aliphatic rings. The van der Waals surface area contributed by atoms with Gasteiger partial charge in [-0.05, 0) is 59.7 Å². The Bertz CT molecular complexity index is 497. The number of nitrogens with one attached hydrogen (secondary N) is 2. The van der Waals surface area contributed by atoms with Crippen LogP contribution in [0.3, 0.4) is 0 Å². The maximum atomic E-state index is 12.0. The topological polar surface area (TPSA) is 59.6 Å². The molecular formula is C14H19BrN2O3S. The van der Waals surface area contributed by atoms with Gasteiger partial charge in [-0.3, -0.25) is 10.1 Å². The Morgan fingerprint density at radius 3 is 2.81 bits per heavy atom. The number of ether oxygens (including phenoxy) is 2. The summed E-state index contributed by atoms with van der Waals surface area (Å²) in [5.74, 6) is 0.442. The molecule has 0 saturated carbocycles. The number of amides is 1. The monoisotopic (exact) mass is 374 g/mol. The summed E-state index contributed by atoms with van der Waals surface area (Å²) in [6.07, 6.45) is 0.821. The minimum atomic E-state index is -0.261. The lowest BCUT2D eigenvalue weighted by atomic mass is 10.2. The predicted molar refractivity (Wildman–Crippen MR) is 89.9 cm³/mol. The van der Waals surface area contributed by atoms with E-state index in [1.54, 1.807) is 25.3 Å². The SMILES string of the molecule is CCOc1ccc(C(=O)NC(=S)NCCCOC)cc1Br. The number of rotatable bonds is 7. The van der Waals surface area contributed by atoms with Crippen molar-refractivity contribution in [3.8, 4) is 5.75 Å². The number of carbonyl (C=O) groups is 1. The summed E-state index contributed by atoms with van der Waals surface area (Å²) in [4.78, 5) is 12.0. The van der Waals surface area contributed by atoms with Crippen molar-refractivity contribution in [3.05, 3.63) is 28.2 Å². The summed E-state index contributed by atoms with van der Waals surface area (Å²) in [6, 6.07) is 5.14. The molecule has 7 heteroatoms. The van der Waals surface area contributed by atoms with Crippen LogP contribution in [0.25, 0.3) is 0 Å². The molecule has 2 N–H and O–H groups in total. The smallest absolute Gasteiger partial charge is 0.257 e. The van der Waals surface area contributed by atoms with E-state index in [-0.39, 0.29) is 5.91 Å². The molecule has 0 aliphatic heterocycles. The zero-order valence-electron chi connectivity index (χ0n) is 12.1. The molecule has 116 valence electrons. The van der Waals surface area contributed by atoms with Crippen molar-refractivity contribution in [2.75, 3.05) is 26.9 Å². The van der Waals surface area contributed by atoms with Gasteiger partial charge in [-0.15, -0.1) is 0 Å². The zero-order valence-corrected chi connectivity index (χ0v) is 14.5. The van der Waals surface area contributed by atoms with Gasteiger partial charge in [0.2, 0.25) is 0 Å². The van der Waals surface area contributed by atoms with Crippen LogP contribution >= 0.6 is 28.1 Å². The van der Waals surface area contributed by atoms with E-state index in [2.05, 4.69) is 26.6 Å². The molecule has 1 aromatic carbocycles. The fraction of sp³-hybridized carbons (Fsp3) is 0.429. The highest BCUT2D eigenvalue weighted by molar-refractivity contribution is 9.10. The molecule has 0 fully saturated rings. The van der Waals surface area contributed by atoms with Crippen LogP contribution in [-0.4, -0.2) is 37.9 Å². The normalized spacial score (nSPS) is 10.0. The van der Waals surface area contributed by atoms with E-state index in [1.165, 1.54) is 0 Å². The highest BCUT2D eigenvalue weighted by atomic mass is 79.9. The lowest BCUT2D eigenvalue weighted by Crippen LogP contribution is -2.39.